The van der Waals surface area contributed by atoms with Gasteiger partial charge in [0.1, 0.15) is 11.6 Å². The first-order chi connectivity index (χ1) is 16.6. The molecular formula is C28H31N5O. The van der Waals surface area contributed by atoms with Crippen molar-refractivity contribution in [1.82, 2.24) is 19.5 Å². The number of hydrogen-bond acceptors (Lipinski definition) is 5. The molecule has 174 valence electrons. The van der Waals surface area contributed by atoms with E-state index < -0.39 is 0 Å². The van der Waals surface area contributed by atoms with Crippen LogP contribution in [0.2, 0.25) is 0 Å². The van der Waals surface area contributed by atoms with Crippen LogP contribution in [0.3, 0.4) is 0 Å². The highest BCUT2D eigenvalue weighted by atomic mass is 16.5. The molecule has 0 radical (unpaired) electrons. The normalized spacial score (nSPS) is 14.9. The van der Waals surface area contributed by atoms with Crippen molar-refractivity contribution in [2.75, 3.05) is 44.7 Å². The second-order valence-electron chi connectivity index (χ2n) is 8.79. The monoisotopic (exact) mass is 453 g/mol. The Labute approximate surface area is 201 Å². The number of nitrogens with zero attached hydrogens (tertiary/aromatic N) is 5. The molecule has 0 atom stereocenters. The second-order valence-corrected chi connectivity index (χ2v) is 8.79. The molecule has 0 aliphatic carbocycles. The Kier molecular flexibility index (Phi) is 6.32. The van der Waals surface area contributed by atoms with Gasteiger partial charge in [-0.15, -0.1) is 0 Å². The third-order valence-corrected chi connectivity index (χ3v) is 6.46. The van der Waals surface area contributed by atoms with Crippen molar-refractivity contribution in [1.29, 1.82) is 0 Å². The molecule has 3 heterocycles. The van der Waals surface area contributed by atoms with E-state index in [4.69, 9.17) is 14.8 Å². The first kappa shape index (κ1) is 22.2. The van der Waals surface area contributed by atoms with Crippen LogP contribution in [0.25, 0.3) is 23.0 Å². The number of piperazine rings is 1. The summed E-state index contributed by atoms with van der Waals surface area (Å²) in [7, 11) is 1.68. The summed E-state index contributed by atoms with van der Waals surface area (Å²) in [6, 6.07) is 20.7. The Hall–Kier alpha value is -3.64. The Balaban J connectivity index is 1.34. The Morgan fingerprint density at radius 2 is 1.68 bits per heavy atom. The zero-order valence-corrected chi connectivity index (χ0v) is 20.1. The van der Waals surface area contributed by atoms with Gasteiger partial charge in [0.05, 0.1) is 12.8 Å². The minimum absolute atomic E-state index is 0.844. The zero-order chi connectivity index (χ0) is 23.5. The molecule has 0 saturated carbocycles. The molecule has 0 bridgehead atoms. The third kappa shape index (κ3) is 4.54. The summed E-state index contributed by atoms with van der Waals surface area (Å²) in [5.41, 5.74) is 6.32. The number of anilines is 1. The first-order valence-corrected chi connectivity index (χ1v) is 11.8. The van der Waals surface area contributed by atoms with E-state index in [1.165, 1.54) is 5.56 Å². The lowest BCUT2D eigenvalue weighted by Crippen LogP contribution is -2.47. The van der Waals surface area contributed by atoms with E-state index in [2.05, 4.69) is 84.3 Å². The Morgan fingerprint density at radius 3 is 2.38 bits per heavy atom. The van der Waals surface area contributed by atoms with Gasteiger partial charge < -0.3 is 9.64 Å². The van der Waals surface area contributed by atoms with Crippen molar-refractivity contribution in [2.45, 2.75) is 13.8 Å². The van der Waals surface area contributed by atoms with Gasteiger partial charge in [0.2, 0.25) is 0 Å². The molecule has 1 aliphatic rings. The van der Waals surface area contributed by atoms with Crippen LogP contribution in [0.4, 0.5) is 5.82 Å². The Morgan fingerprint density at radius 1 is 0.941 bits per heavy atom. The van der Waals surface area contributed by atoms with E-state index in [1.54, 1.807) is 7.11 Å². The molecule has 0 unspecified atom stereocenters. The second kappa shape index (κ2) is 9.69. The number of benzene rings is 2. The minimum Gasteiger partial charge on any atom is -0.497 e. The number of aromatic nitrogens is 3. The largest absolute Gasteiger partial charge is 0.497 e. The fraction of sp³-hybridized carbons (Fsp3) is 0.286. The molecule has 1 saturated heterocycles. The molecule has 5 rings (SSSR count). The molecule has 6 nitrogen and oxygen atoms in total. The molecule has 0 spiro atoms. The number of aryl methyl sites for hydroxylation is 2. The van der Waals surface area contributed by atoms with E-state index in [0.29, 0.717) is 0 Å². The number of hydrogen-bond donors (Lipinski definition) is 0. The standard InChI is InChI=1S/C28H31N5O/c1-21-20-26(32-18-16-31(17-19-32)15-7-10-23-8-5-4-6-9-23)33-28(29-21)22(2)27(30-33)24-11-13-25(34-3)14-12-24/h4-14,20H,15-19H2,1-3H3/b10-7-. The summed E-state index contributed by atoms with van der Waals surface area (Å²) in [5, 5.41) is 5.00. The highest BCUT2D eigenvalue weighted by Gasteiger charge is 2.22. The van der Waals surface area contributed by atoms with E-state index in [0.717, 1.165) is 72.5 Å². The van der Waals surface area contributed by atoms with Gasteiger partial charge in [-0.2, -0.15) is 9.61 Å². The van der Waals surface area contributed by atoms with Crippen molar-refractivity contribution < 1.29 is 4.74 Å². The van der Waals surface area contributed by atoms with Crippen LogP contribution in [0.15, 0.2) is 66.7 Å². The predicted molar refractivity (Wildman–Crippen MR) is 139 cm³/mol. The summed E-state index contributed by atoms with van der Waals surface area (Å²) in [5.74, 6) is 1.96. The SMILES string of the molecule is COc1ccc(-c2nn3c(N4CCN(C/C=C\c5ccccc5)CC4)cc(C)nc3c2C)cc1. The van der Waals surface area contributed by atoms with Crippen LogP contribution in [-0.2, 0) is 0 Å². The first-order valence-electron chi connectivity index (χ1n) is 11.8. The fourth-order valence-corrected chi connectivity index (χ4v) is 4.54. The quantitative estimate of drug-likeness (QED) is 0.417. The lowest BCUT2D eigenvalue weighted by molar-refractivity contribution is 0.283. The van der Waals surface area contributed by atoms with E-state index >= 15 is 0 Å². The van der Waals surface area contributed by atoms with Gasteiger partial charge in [0.15, 0.2) is 5.65 Å². The molecule has 6 heteroatoms. The third-order valence-electron chi connectivity index (χ3n) is 6.46. The van der Waals surface area contributed by atoms with Gasteiger partial charge in [0.25, 0.3) is 0 Å². The summed E-state index contributed by atoms with van der Waals surface area (Å²) < 4.78 is 7.33. The van der Waals surface area contributed by atoms with Gasteiger partial charge in [0, 0.05) is 55.6 Å². The number of methoxy groups -OCH3 is 1. The molecule has 0 N–H and O–H groups in total. The van der Waals surface area contributed by atoms with Gasteiger partial charge in [-0.25, -0.2) is 4.98 Å². The van der Waals surface area contributed by atoms with Crippen LogP contribution in [0.1, 0.15) is 16.8 Å². The summed E-state index contributed by atoms with van der Waals surface area (Å²) >= 11 is 0. The van der Waals surface area contributed by atoms with Gasteiger partial charge in [-0.3, -0.25) is 4.90 Å². The molecule has 2 aromatic heterocycles. The molecule has 1 aliphatic heterocycles. The van der Waals surface area contributed by atoms with Crippen LogP contribution < -0.4 is 9.64 Å². The summed E-state index contributed by atoms with van der Waals surface area (Å²) in [4.78, 5) is 9.76. The minimum atomic E-state index is 0.844. The number of ether oxygens (including phenoxy) is 1. The molecule has 34 heavy (non-hydrogen) atoms. The summed E-state index contributed by atoms with van der Waals surface area (Å²) in [6.07, 6.45) is 4.47. The smallest absolute Gasteiger partial charge is 0.161 e. The van der Waals surface area contributed by atoms with Gasteiger partial charge in [-0.1, -0.05) is 42.5 Å². The topological polar surface area (TPSA) is 45.9 Å². The van der Waals surface area contributed by atoms with Crippen molar-refractivity contribution in [3.63, 3.8) is 0 Å². The van der Waals surface area contributed by atoms with Gasteiger partial charge >= 0.3 is 0 Å². The van der Waals surface area contributed by atoms with Gasteiger partial charge in [-0.05, 0) is 43.7 Å². The number of fused-ring (bicyclic) bond motifs is 1. The predicted octanol–water partition coefficient (Wildman–Crippen LogP) is 4.86. The summed E-state index contributed by atoms with van der Waals surface area (Å²) in [6.45, 7) is 9.11. The van der Waals surface area contributed by atoms with Crippen LogP contribution in [0, 0.1) is 13.8 Å². The molecule has 2 aromatic carbocycles. The van der Waals surface area contributed by atoms with Crippen molar-refractivity contribution in [3.8, 4) is 17.0 Å². The zero-order valence-electron chi connectivity index (χ0n) is 20.1. The maximum Gasteiger partial charge on any atom is 0.161 e. The average molecular weight is 454 g/mol. The fourth-order valence-electron chi connectivity index (χ4n) is 4.54. The molecule has 1 fully saturated rings. The van der Waals surface area contributed by atoms with E-state index in [9.17, 15) is 0 Å². The van der Waals surface area contributed by atoms with Crippen molar-refractivity contribution in [2.24, 2.45) is 0 Å². The van der Waals surface area contributed by atoms with Crippen LogP contribution in [-0.4, -0.2) is 59.3 Å². The highest BCUT2D eigenvalue weighted by Crippen LogP contribution is 2.29. The number of rotatable bonds is 6. The van der Waals surface area contributed by atoms with Crippen LogP contribution >= 0.6 is 0 Å². The lowest BCUT2D eigenvalue weighted by atomic mass is 10.1. The maximum atomic E-state index is 5.31. The molecule has 4 aromatic rings. The average Bonchev–Trinajstić information content (AvgIpc) is 3.21. The lowest BCUT2D eigenvalue weighted by Gasteiger charge is -2.35. The highest BCUT2D eigenvalue weighted by molar-refractivity contribution is 5.72. The molecule has 0 amide bonds. The molecular weight excluding hydrogens is 422 g/mol. The van der Waals surface area contributed by atoms with E-state index in [-0.39, 0.29) is 0 Å². The van der Waals surface area contributed by atoms with Crippen LogP contribution in [0.5, 0.6) is 5.75 Å². The van der Waals surface area contributed by atoms with E-state index in [1.807, 2.05) is 16.6 Å². The van der Waals surface area contributed by atoms with Crippen molar-refractivity contribution in [3.05, 3.63) is 83.6 Å². The Bertz CT molecular complexity index is 1290. The van der Waals surface area contributed by atoms with Crippen molar-refractivity contribution >= 4 is 17.5 Å². The maximum absolute atomic E-state index is 5.31.